The van der Waals surface area contributed by atoms with E-state index in [0.717, 1.165) is 18.4 Å². The van der Waals surface area contributed by atoms with E-state index in [-0.39, 0.29) is 17.7 Å². The van der Waals surface area contributed by atoms with E-state index in [2.05, 4.69) is 0 Å². The molecule has 0 spiro atoms. The van der Waals surface area contributed by atoms with Crippen molar-refractivity contribution >= 4 is 21.6 Å². The quantitative estimate of drug-likeness (QED) is 0.728. The summed E-state index contributed by atoms with van der Waals surface area (Å²) in [4.78, 5) is 15.2. The molecule has 4 rings (SSSR count). The number of benzene rings is 2. The summed E-state index contributed by atoms with van der Waals surface area (Å²) in [6.45, 7) is 1.10. The standard InChI is InChI=1S/C22H26N2O5S/c1-28-18-9-10-19(21(15-18)29-2)20-8-4-11-23(20)22(25)16-6-3-7-17(14-16)24-12-5-13-30(24,26)27/h3,6-7,9-10,14-15,20H,4-5,8,11-13H2,1-2H3/t20-/m1/s1. The van der Waals surface area contributed by atoms with E-state index in [1.807, 2.05) is 23.1 Å². The Morgan fingerprint density at radius 3 is 2.57 bits per heavy atom. The fourth-order valence-electron chi connectivity index (χ4n) is 4.32. The van der Waals surface area contributed by atoms with Gasteiger partial charge in [0.1, 0.15) is 11.5 Å². The number of sulfonamides is 1. The Kier molecular flexibility index (Phi) is 5.60. The molecule has 2 aromatic rings. The number of anilines is 1. The number of methoxy groups -OCH3 is 2. The Balaban J connectivity index is 1.63. The molecule has 30 heavy (non-hydrogen) atoms. The molecule has 1 atom stereocenters. The van der Waals surface area contributed by atoms with Crippen molar-refractivity contribution in [2.45, 2.75) is 25.3 Å². The number of likely N-dealkylation sites (tertiary alicyclic amines) is 1. The van der Waals surface area contributed by atoms with Crippen LogP contribution < -0.4 is 13.8 Å². The van der Waals surface area contributed by atoms with Gasteiger partial charge in [-0.3, -0.25) is 9.10 Å². The van der Waals surface area contributed by atoms with Crippen molar-refractivity contribution in [2.75, 3.05) is 37.4 Å². The predicted molar refractivity (Wildman–Crippen MR) is 115 cm³/mol. The van der Waals surface area contributed by atoms with Crippen LogP contribution in [-0.2, 0) is 10.0 Å². The second kappa shape index (κ2) is 8.18. The lowest BCUT2D eigenvalue weighted by Crippen LogP contribution is -2.31. The van der Waals surface area contributed by atoms with Crippen molar-refractivity contribution in [2.24, 2.45) is 0 Å². The van der Waals surface area contributed by atoms with Crippen molar-refractivity contribution in [3.8, 4) is 11.5 Å². The summed E-state index contributed by atoms with van der Waals surface area (Å²) < 4.78 is 36.8. The van der Waals surface area contributed by atoms with Crippen molar-refractivity contribution in [3.63, 3.8) is 0 Å². The first-order chi connectivity index (χ1) is 14.4. The lowest BCUT2D eigenvalue weighted by atomic mass is 10.0. The second-order valence-corrected chi connectivity index (χ2v) is 9.57. The van der Waals surface area contributed by atoms with E-state index < -0.39 is 10.0 Å². The molecule has 2 fully saturated rings. The first-order valence-corrected chi connectivity index (χ1v) is 11.7. The first kappa shape index (κ1) is 20.5. The Bertz CT molecular complexity index is 1050. The Labute approximate surface area is 177 Å². The minimum absolute atomic E-state index is 0.0995. The number of hydrogen-bond acceptors (Lipinski definition) is 5. The van der Waals surface area contributed by atoms with Crippen LogP contribution in [0.2, 0.25) is 0 Å². The molecule has 0 radical (unpaired) electrons. The van der Waals surface area contributed by atoms with Gasteiger partial charge >= 0.3 is 0 Å². The van der Waals surface area contributed by atoms with Gasteiger partial charge in [0.2, 0.25) is 10.0 Å². The summed E-state index contributed by atoms with van der Waals surface area (Å²) in [6, 6.07) is 12.5. The molecule has 2 heterocycles. The Morgan fingerprint density at radius 1 is 1.03 bits per heavy atom. The number of amides is 1. The van der Waals surface area contributed by atoms with E-state index >= 15 is 0 Å². The molecular formula is C22H26N2O5S. The van der Waals surface area contributed by atoms with Crippen LogP contribution in [0.15, 0.2) is 42.5 Å². The molecule has 0 saturated carbocycles. The molecule has 7 nitrogen and oxygen atoms in total. The average Bonchev–Trinajstić information content (AvgIpc) is 3.38. The summed E-state index contributed by atoms with van der Waals surface area (Å²) in [5.74, 6) is 1.44. The van der Waals surface area contributed by atoms with Gasteiger partial charge in [0, 0.05) is 30.3 Å². The number of carbonyl (C=O) groups is 1. The number of nitrogens with zero attached hydrogens (tertiary/aromatic N) is 2. The van der Waals surface area contributed by atoms with Gasteiger partial charge < -0.3 is 14.4 Å². The molecule has 2 aliphatic heterocycles. The van der Waals surface area contributed by atoms with E-state index in [0.29, 0.717) is 42.3 Å². The lowest BCUT2D eigenvalue weighted by molar-refractivity contribution is 0.0734. The van der Waals surface area contributed by atoms with Crippen LogP contribution in [0.4, 0.5) is 5.69 Å². The third kappa shape index (κ3) is 3.71. The normalized spacial score (nSPS) is 20.4. The van der Waals surface area contributed by atoms with Crippen LogP contribution in [-0.4, -0.2) is 52.3 Å². The zero-order chi connectivity index (χ0) is 21.3. The zero-order valence-corrected chi connectivity index (χ0v) is 18.0. The Hall–Kier alpha value is -2.74. The third-order valence-electron chi connectivity index (χ3n) is 5.79. The molecule has 2 saturated heterocycles. The fraction of sp³-hybridized carbons (Fsp3) is 0.409. The lowest BCUT2D eigenvalue weighted by Gasteiger charge is -2.27. The largest absolute Gasteiger partial charge is 0.497 e. The maximum absolute atomic E-state index is 13.4. The SMILES string of the molecule is COc1ccc([C@H]2CCCN2C(=O)c2cccc(N3CCCS3(=O)=O)c2)c(OC)c1. The maximum Gasteiger partial charge on any atom is 0.254 e. The molecule has 2 aliphatic rings. The summed E-state index contributed by atoms with van der Waals surface area (Å²) in [6.07, 6.45) is 2.34. The highest BCUT2D eigenvalue weighted by molar-refractivity contribution is 7.93. The molecule has 0 aromatic heterocycles. The van der Waals surface area contributed by atoms with Crippen LogP contribution in [0.1, 0.15) is 41.2 Å². The van der Waals surface area contributed by atoms with Gasteiger partial charge in [-0.2, -0.15) is 0 Å². The van der Waals surface area contributed by atoms with Gasteiger partial charge in [0.15, 0.2) is 0 Å². The Morgan fingerprint density at radius 2 is 1.87 bits per heavy atom. The molecule has 1 amide bonds. The van der Waals surface area contributed by atoms with Gasteiger partial charge in [-0.1, -0.05) is 6.07 Å². The van der Waals surface area contributed by atoms with Crippen molar-refractivity contribution in [1.29, 1.82) is 0 Å². The summed E-state index contributed by atoms with van der Waals surface area (Å²) in [5.41, 5.74) is 1.99. The summed E-state index contributed by atoms with van der Waals surface area (Å²) in [7, 11) is -0.0760. The van der Waals surface area contributed by atoms with Gasteiger partial charge in [-0.15, -0.1) is 0 Å². The molecule has 0 bridgehead atoms. The third-order valence-corrected chi connectivity index (χ3v) is 7.66. The van der Waals surface area contributed by atoms with E-state index in [9.17, 15) is 13.2 Å². The fourth-order valence-corrected chi connectivity index (χ4v) is 5.87. The smallest absolute Gasteiger partial charge is 0.254 e. The summed E-state index contributed by atoms with van der Waals surface area (Å²) in [5, 5.41) is 0. The van der Waals surface area contributed by atoms with Gasteiger partial charge in [0.25, 0.3) is 5.91 Å². The van der Waals surface area contributed by atoms with Crippen LogP contribution in [0, 0.1) is 0 Å². The predicted octanol–water partition coefficient (Wildman–Crippen LogP) is 3.22. The minimum Gasteiger partial charge on any atom is -0.497 e. The van der Waals surface area contributed by atoms with Crippen molar-refractivity contribution in [3.05, 3.63) is 53.6 Å². The second-order valence-electron chi connectivity index (χ2n) is 7.56. The monoisotopic (exact) mass is 430 g/mol. The van der Waals surface area contributed by atoms with Crippen LogP contribution in [0.3, 0.4) is 0 Å². The molecule has 2 aromatic carbocycles. The highest BCUT2D eigenvalue weighted by atomic mass is 32.2. The minimum atomic E-state index is -3.29. The highest BCUT2D eigenvalue weighted by Gasteiger charge is 2.33. The zero-order valence-electron chi connectivity index (χ0n) is 17.2. The van der Waals surface area contributed by atoms with E-state index in [1.165, 1.54) is 4.31 Å². The van der Waals surface area contributed by atoms with Crippen LogP contribution in [0.25, 0.3) is 0 Å². The first-order valence-electron chi connectivity index (χ1n) is 10.1. The number of carbonyl (C=O) groups excluding carboxylic acids is 1. The number of rotatable bonds is 5. The maximum atomic E-state index is 13.4. The van der Waals surface area contributed by atoms with Gasteiger partial charge in [-0.25, -0.2) is 8.42 Å². The van der Waals surface area contributed by atoms with Crippen LogP contribution >= 0.6 is 0 Å². The van der Waals surface area contributed by atoms with Crippen molar-refractivity contribution in [1.82, 2.24) is 4.90 Å². The van der Waals surface area contributed by atoms with E-state index in [1.54, 1.807) is 38.5 Å². The number of ether oxygens (including phenoxy) is 2. The molecule has 8 heteroatoms. The highest BCUT2D eigenvalue weighted by Crippen LogP contribution is 2.39. The van der Waals surface area contributed by atoms with Crippen LogP contribution in [0.5, 0.6) is 11.5 Å². The molecule has 0 aliphatic carbocycles. The topological polar surface area (TPSA) is 76.2 Å². The van der Waals surface area contributed by atoms with Gasteiger partial charge in [0.05, 0.1) is 31.7 Å². The van der Waals surface area contributed by atoms with Gasteiger partial charge in [-0.05, 0) is 49.6 Å². The number of hydrogen-bond donors (Lipinski definition) is 0. The van der Waals surface area contributed by atoms with E-state index in [4.69, 9.17) is 9.47 Å². The average molecular weight is 431 g/mol. The van der Waals surface area contributed by atoms with Crippen molar-refractivity contribution < 1.29 is 22.7 Å². The summed E-state index contributed by atoms with van der Waals surface area (Å²) >= 11 is 0. The molecule has 0 unspecified atom stereocenters. The molecular weight excluding hydrogens is 404 g/mol. The molecule has 0 N–H and O–H groups in total. The molecule has 160 valence electrons.